The number of nitrogens with zero attached hydrogens (tertiary/aromatic N) is 3. The molecule has 5 heteroatoms. The van der Waals surface area contributed by atoms with Gasteiger partial charge in [-0.25, -0.2) is 9.97 Å². The average Bonchev–Trinajstić information content (AvgIpc) is 3.79. The van der Waals surface area contributed by atoms with E-state index < -0.39 is 0 Å². The SMILES string of the molecule is N#Cc1ccccc1-c1cc(-c2ccccc2)nc(-c2cc(-c3cccc4c3oc3ccccc34)cc(-c3cccc4c3oc3ccccc34)c2)n1. The molecular formula is C47H27N3O2. The van der Waals surface area contributed by atoms with E-state index in [-0.39, 0.29) is 0 Å². The zero-order valence-electron chi connectivity index (χ0n) is 27.7. The van der Waals surface area contributed by atoms with Gasteiger partial charge in [-0.2, -0.15) is 5.26 Å². The summed E-state index contributed by atoms with van der Waals surface area (Å²) in [5.74, 6) is 0.542. The minimum atomic E-state index is 0.542. The van der Waals surface area contributed by atoms with Gasteiger partial charge < -0.3 is 8.83 Å². The van der Waals surface area contributed by atoms with Crippen molar-refractivity contribution in [2.45, 2.75) is 0 Å². The first kappa shape index (κ1) is 29.6. The fourth-order valence-electron chi connectivity index (χ4n) is 7.29. The van der Waals surface area contributed by atoms with Gasteiger partial charge in [-0.05, 0) is 53.6 Å². The lowest BCUT2D eigenvalue weighted by atomic mass is 9.93. The Kier molecular flexibility index (Phi) is 6.80. The van der Waals surface area contributed by atoms with Gasteiger partial charge in [0.2, 0.25) is 0 Å². The molecule has 0 unspecified atom stereocenters. The summed E-state index contributed by atoms with van der Waals surface area (Å²) in [6.45, 7) is 0. The Morgan fingerprint density at radius 3 is 1.54 bits per heavy atom. The van der Waals surface area contributed by atoms with Gasteiger partial charge in [0.15, 0.2) is 5.82 Å². The Morgan fingerprint density at radius 1 is 0.404 bits per heavy atom. The third-order valence-corrected chi connectivity index (χ3v) is 9.74. The Balaban J connectivity index is 1.27. The van der Waals surface area contributed by atoms with E-state index in [2.05, 4.69) is 72.8 Å². The number of aromatic nitrogens is 2. The maximum Gasteiger partial charge on any atom is 0.160 e. The Bertz CT molecular complexity index is 2910. The number of furan rings is 2. The lowest BCUT2D eigenvalue weighted by Crippen LogP contribution is -1.98. The minimum Gasteiger partial charge on any atom is -0.455 e. The average molecular weight is 666 g/mol. The van der Waals surface area contributed by atoms with E-state index in [1.165, 1.54) is 0 Å². The number of hydrogen-bond acceptors (Lipinski definition) is 5. The first-order chi connectivity index (χ1) is 25.7. The summed E-state index contributed by atoms with van der Waals surface area (Å²) in [5, 5.41) is 14.3. The van der Waals surface area contributed by atoms with Crippen molar-refractivity contribution >= 4 is 43.9 Å². The highest BCUT2D eigenvalue weighted by Gasteiger charge is 2.19. The molecule has 0 aliphatic rings. The molecular weight excluding hydrogens is 639 g/mol. The Labute approximate surface area is 298 Å². The van der Waals surface area contributed by atoms with Gasteiger partial charge in [0, 0.05) is 49.4 Å². The lowest BCUT2D eigenvalue weighted by molar-refractivity contribution is 0.670. The fourth-order valence-corrected chi connectivity index (χ4v) is 7.29. The first-order valence-electron chi connectivity index (χ1n) is 17.1. The van der Waals surface area contributed by atoms with Crippen LogP contribution in [0.25, 0.3) is 100 Å². The second-order valence-corrected chi connectivity index (χ2v) is 12.8. The van der Waals surface area contributed by atoms with Gasteiger partial charge in [-0.15, -0.1) is 0 Å². The third kappa shape index (κ3) is 4.86. The van der Waals surface area contributed by atoms with Gasteiger partial charge in [-0.3, -0.25) is 0 Å². The maximum atomic E-state index is 10.0. The standard InChI is InChI=1S/C47H27N3O2/c48-28-30-14-4-5-15-34(30)42-27-41(29-12-2-1-3-13-29)49-47(50-42)33-25-31(35-18-10-20-39-37-16-6-8-22-43(37)51-45(35)39)24-32(26-33)36-19-11-21-40-38-17-7-9-23-44(38)52-46(36)40/h1-27H. The van der Waals surface area contributed by atoms with Crippen molar-refractivity contribution in [3.8, 4) is 62.2 Å². The van der Waals surface area contributed by atoms with Crippen LogP contribution in [0.3, 0.4) is 0 Å². The fraction of sp³-hybridized carbons (Fsp3) is 0. The summed E-state index contributed by atoms with van der Waals surface area (Å²) in [7, 11) is 0. The highest BCUT2D eigenvalue weighted by atomic mass is 16.3. The van der Waals surface area contributed by atoms with Crippen LogP contribution in [0.2, 0.25) is 0 Å². The van der Waals surface area contributed by atoms with E-state index in [0.29, 0.717) is 17.1 Å². The normalized spacial score (nSPS) is 11.4. The van der Waals surface area contributed by atoms with E-state index in [4.69, 9.17) is 18.8 Å². The van der Waals surface area contributed by atoms with Gasteiger partial charge in [-0.1, -0.05) is 121 Å². The molecule has 0 aliphatic heterocycles. The molecule has 0 radical (unpaired) electrons. The molecule has 0 saturated heterocycles. The number of nitriles is 1. The molecule has 0 N–H and O–H groups in total. The van der Waals surface area contributed by atoms with Crippen LogP contribution >= 0.6 is 0 Å². The molecule has 5 nitrogen and oxygen atoms in total. The Hall–Kier alpha value is -7.29. The minimum absolute atomic E-state index is 0.542. The smallest absolute Gasteiger partial charge is 0.160 e. The summed E-state index contributed by atoms with van der Waals surface area (Å²) in [6, 6.07) is 57.3. The summed E-state index contributed by atoms with van der Waals surface area (Å²) < 4.78 is 13.1. The summed E-state index contributed by atoms with van der Waals surface area (Å²) >= 11 is 0. The largest absolute Gasteiger partial charge is 0.455 e. The Morgan fingerprint density at radius 2 is 0.904 bits per heavy atom. The van der Waals surface area contributed by atoms with E-state index in [1.54, 1.807) is 0 Å². The van der Waals surface area contributed by atoms with Gasteiger partial charge >= 0.3 is 0 Å². The van der Waals surface area contributed by atoms with Gasteiger partial charge in [0.1, 0.15) is 22.3 Å². The van der Waals surface area contributed by atoms with Crippen LogP contribution in [0, 0.1) is 11.3 Å². The number of hydrogen-bond donors (Lipinski definition) is 0. The van der Waals surface area contributed by atoms with Crippen molar-refractivity contribution in [1.82, 2.24) is 9.97 Å². The predicted octanol–water partition coefficient (Wildman–Crippen LogP) is 12.5. The lowest BCUT2D eigenvalue weighted by Gasteiger charge is -2.14. The van der Waals surface area contributed by atoms with Crippen molar-refractivity contribution in [2.75, 3.05) is 0 Å². The number of para-hydroxylation sites is 4. The van der Waals surface area contributed by atoms with Gasteiger partial charge in [0.05, 0.1) is 23.0 Å². The maximum absolute atomic E-state index is 10.0. The quantitative estimate of drug-likeness (QED) is 0.183. The van der Waals surface area contributed by atoms with Crippen LogP contribution in [0.5, 0.6) is 0 Å². The first-order valence-corrected chi connectivity index (χ1v) is 17.1. The molecule has 52 heavy (non-hydrogen) atoms. The molecule has 3 aromatic heterocycles. The molecule has 0 spiro atoms. The zero-order chi connectivity index (χ0) is 34.6. The summed E-state index contributed by atoms with van der Waals surface area (Å²) in [6.07, 6.45) is 0. The number of rotatable bonds is 5. The molecule has 0 atom stereocenters. The van der Waals surface area contributed by atoms with Crippen molar-refractivity contribution < 1.29 is 8.83 Å². The van der Waals surface area contributed by atoms with Crippen LogP contribution in [-0.4, -0.2) is 9.97 Å². The van der Waals surface area contributed by atoms with Gasteiger partial charge in [0.25, 0.3) is 0 Å². The molecule has 3 heterocycles. The van der Waals surface area contributed by atoms with Crippen molar-refractivity contribution in [3.63, 3.8) is 0 Å². The highest BCUT2D eigenvalue weighted by molar-refractivity contribution is 6.11. The number of benzene rings is 7. The molecule has 242 valence electrons. The predicted molar refractivity (Wildman–Crippen MR) is 208 cm³/mol. The van der Waals surface area contributed by atoms with E-state index in [9.17, 15) is 5.26 Å². The molecule has 10 rings (SSSR count). The molecule has 0 saturated carbocycles. The van der Waals surface area contributed by atoms with E-state index >= 15 is 0 Å². The van der Waals surface area contributed by atoms with Crippen LogP contribution in [0.1, 0.15) is 5.56 Å². The monoisotopic (exact) mass is 665 g/mol. The second-order valence-electron chi connectivity index (χ2n) is 12.8. The van der Waals surface area contributed by atoms with E-state index in [1.807, 2.05) is 97.1 Å². The van der Waals surface area contributed by atoms with Crippen LogP contribution in [-0.2, 0) is 0 Å². The molecule has 0 bridgehead atoms. The molecule has 7 aromatic carbocycles. The summed E-state index contributed by atoms with van der Waals surface area (Å²) in [5.41, 5.74) is 11.7. The molecule has 10 aromatic rings. The zero-order valence-corrected chi connectivity index (χ0v) is 27.7. The van der Waals surface area contributed by atoms with E-state index in [0.717, 1.165) is 88.5 Å². The van der Waals surface area contributed by atoms with Crippen molar-refractivity contribution in [1.29, 1.82) is 5.26 Å². The van der Waals surface area contributed by atoms with Crippen LogP contribution < -0.4 is 0 Å². The topological polar surface area (TPSA) is 75.8 Å². The molecule has 0 amide bonds. The molecule has 0 aliphatic carbocycles. The summed E-state index contributed by atoms with van der Waals surface area (Å²) in [4.78, 5) is 10.3. The van der Waals surface area contributed by atoms with Crippen LogP contribution in [0.4, 0.5) is 0 Å². The third-order valence-electron chi connectivity index (χ3n) is 9.74. The van der Waals surface area contributed by atoms with Crippen LogP contribution in [0.15, 0.2) is 173 Å². The highest BCUT2D eigenvalue weighted by Crippen LogP contribution is 2.42. The van der Waals surface area contributed by atoms with Crippen molar-refractivity contribution in [2.24, 2.45) is 0 Å². The second kappa shape index (κ2) is 11.9. The van der Waals surface area contributed by atoms with Crippen molar-refractivity contribution in [3.05, 3.63) is 169 Å². The number of fused-ring (bicyclic) bond motifs is 6. The molecule has 0 fully saturated rings.